The summed E-state index contributed by atoms with van der Waals surface area (Å²) in [5.74, 6) is 0.419. The Labute approximate surface area is 118 Å². The van der Waals surface area contributed by atoms with E-state index in [1.807, 2.05) is 19.1 Å². The summed E-state index contributed by atoms with van der Waals surface area (Å²) >= 11 is 0. The molecule has 0 amide bonds. The zero-order valence-electron chi connectivity index (χ0n) is 11.1. The smallest absolute Gasteiger partial charge is 0.383 e. The fraction of sp³-hybridized carbons (Fsp3) is 0.133. The summed E-state index contributed by atoms with van der Waals surface area (Å²) in [4.78, 5) is 4.39. The highest BCUT2D eigenvalue weighted by Crippen LogP contribution is 2.32. The summed E-state index contributed by atoms with van der Waals surface area (Å²) in [5, 5.41) is 0. The Morgan fingerprint density at radius 1 is 1.05 bits per heavy atom. The summed E-state index contributed by atoms with van der Waals surface area (Å²) in [6.07, 6.45) is -4.35. The van der Waals surface area contributed by atoms with Crippen LogP contribution < -0.4 is 5.73 Å². The average molecular weight is 291 g/mol. The minimum atomic E-state index is -4.35. The quantitative estimate of drug-likeness (QED) is 0.738. The summed E-state index contributed by atoms with van der Waals surface area (Å²) in [7, 11) is 0. The van der Waals surface area contributed by atoms with Crippen LogP contribution in [-0.4, -0.2) is 9.38 Å². The molecule has 0 spiro atoms. The van der Waals surface area contributed by atoms with Crippen molar-refractivity contribution in [2.45, 2.75) is 13.1 Å². The van der Waals surface area contributed by atoms with Crippen molar-refractivity contribution < 1.29 is 13.2 Å². The van der Waals surface area contributed by atoms with Crippen LogP contribution in [0.5, 0.6) is 0 Å². The minimum absolute atomic E-state index is 0.419. The van der Waals surface area contributed by atoms with Crippen LogP contribution in [0.1, 0.15) is 11.3 Å². The van der Waals surface area contributed by atoms with Crippen molar-refractivity contribution in [3.63, 3.8) is 0 Å². The lowest BCUT2D eigenvalue weighted by atomic mass is 10.1. The third-order valence-corrected chi connectivity index (χ3v) is 3.36. The zero-order valence-corrected chi connectivity index (χ0v) is 11.1. The molecule has 2 heterocycles. The van der Waals surface area contributed by atoms with Gasteiger partial charge in [0.25, 0.3) is 0 Å². The third kappa shape index (κ3) is 2.22. The van der Waals surface area contributed by atoms with E-state index in [9.17, 15) is 13.2 Å². The Kier molecular flexibility index (Phi) is 2.90. The van der Waals surface area contributed by atoms with Crippen molar-refractivity contribution in [3.8, 4) is 11.3 Å². The van der Waals surface area contributed by atoms with Gasteiger partial charge in [0.2, 0.25) is 0 Å². The monoisotopic (exact) mass is 291 g/mol. The number of benzene rings is 1. The molecule has 1 aromatic carbocycles. The van der Waals surface area contributed by atoms with E-state index in [1.165, 1.54) is 12.1 Å². The maximum Gasteiger partial charge on any atom is 0.416 e. The predicted molar refractivity (Wildman–Crippen MR) is 74.8 cm³/mol. The van der Waals surface area contributed by atoms with E-state index >= 15 is 0 Å². The van der Waals surface area contributed by atoms with Gasteiger partial charge >= 0.3 is 6.18 Å². The number of pyridine rings is 1. The summed E-state index contributed by atoms with van der Waals surface area (Å²) in [5.41, 5.74) is 8.01. The highest BCUT2D eigenvalue weighted by molar-refractivity contribution is 5.75. The number of nitrogens with zero attached hydrogens (tertiary/aromatic N) is 2. The number of fused-ring (bicyclic) bond motifs is 1. The van der Waals surface area contributed by atoms with E-state index in [0.717, 1.165) is 17.8 Å². The maximum atomic E-state index is 12.6. The van der Waals surface area contributed by atoms with Crippen molar-refractivity contribution in [3.05, 3.63) is 53.7 Å². The van der Waals surface area contributed by atoms with Gasteiger partial charge in [0.1, 0.15) is 17.2 Å². The van der Waals surface area contributed by atoms with Crippen LogP contribution in [0.4, 0.5) is 19.0 Å². The highest BCUT2D eigenvalue weighted by Gasteiger charge is 2.30. The number of hydrogen-bond donors (Lipinski definition) is 1. The molecule has 3 nitrogen and oxygen atoms in total. The SMILES string of the molecule is Cc1cccc2nc(-c3ccc(C(F)(F)F)cc3)c(N)n12. The van der Waals surface area contributed by atoms with E-state index in [4.69, 9.17) is 5.73 Å². The standard InChI is InChI=1S/C15H12F3N3/c1-9-3-2-4-12-20-13(14(19)21(9)12)10-5-7-11(8-6-10)15(16,17)18/h2-8H,19H2,1H3. The predicted octanol–water partition coefficient (Wildman–Crippen LogP) is 3.91. The van der Waals surface area contributed by atoms with Crippen LogP contribution in [0.3, 0.4) is 0 Å². The van der Waals surface area contributed by atoms with Gasteiger partial charge in [-0.05, 0) is 31.2 Å². The molecule has 2 N–H and O–H groups in total. The summed E-state index contributed by atoms with van der Waals surface area (Å²) in [6.45, 7) is 1.89. The Balaban J connectivity index is 2.13. The van der Waals surface area contributed by atoms with Gasteiger partial charge in [-0.1, -0.05) is 18.2 Å². The van der Waals surface area contributed by atoms with E-state index < -0.39 is 11.7 Å². The molecule has 3 rings (SSSR count). The first-order valence-electron chi connectivity index (χ1n) is 6.29. The molecule has 0 fully saturated rings. The van der Waals surface area contributed by atoms with Crippen molar-refractivity contribution in [1.82, 2.24) is 9.38 Å². The second-order valence-corrected chi connectivity index (χ2v) is 4.78. The number of halogens is 3. The molecule has 0 aliphatic heterocycles. The van der Waals surface area contributed by atoms with Crippen LogP contribution in [0.15, 0.2) is 42.5 Å². The van der Waals surface area contributed by atoms with Crippen molar-refractivity contribution >= 4 is 11.5 Å². The number of nitrogens with two attached hydrogens (primary N) is 1. The highest BCUT2D eigenvalue weighted by atomic mass is 19.4. The van der Waals surface area contributed by atoms with E-state index in [0.29, 0.717) is 22.7 Å². The summed E-state index contributed by atoms with van der Waals surface area (Å²) in [6, 6.07) is 10.4. The lowest BCUT2D eigenvalue weighted by Gasteiger charge is -2.07. The van der Waals surface area contributed by atoms with Gasteiger partial charge in [-0.2, -0.15) is 13.2 Å². The molecule has 0 unspecified atom stereocenters. The number of imidazole rings is 1. The van der Waals surface area contributed by atoms with Crippen molar-refractivity contribution in [1.29, 1.82) is 0 Å². The molecule has 2 aromatic heterocycles. The number of alkyl halides is 3. The molecule has 6 heteroatoms. The molecule has 21 heavy (non-hydrogen) atoms. The van der Waals surface area contributed by atoms with Gasteiger partial charge in [-0.3, -0.25) is 4.40 Å². The molecular formula is C15H12F3N3. The number of nitrogen functional groups attached to an aromatic ring is 1. The fourth-order valence-electron chi connectivity index (χ4n) is 2.31. The molecule has 0 aliphatic rings. The Hall–Kier alpha value is -2.50. The molecule has 3 aromatic rings. The first kappa shape index (κ1) is 13.5. The molecule has 0 saturated carbocycles. The number of anilines is 1. The first-order chi connectivity index (χ1) is 9.88. The first-order valence-corrected chi connectivity index (χ1v) is 6.29. The zero-order chi connectivity index (χ0) is 15.2. The van der Waals surface area contributed by atoms with Crippen LogP contribution >= 0.6 is 0 Å². The second kappa shape index (κ2) is 4.51. The molecule has 108 valence electrons. The van der Waals surface area contributed by atoms with E-state index in [1.54, 1.807) is 10.5 Å². The Morgan fingerprint density at radius 3 is 2.29 bits per heavy atom. The van der Waals surface area contributed by atoms with Gasteiger partial charge in [-0.25, -0.2) is 4.98 Å². The third-order valence-electron chi connectivity index (χ3n) is 3.36. The van der Waals surface area contributed by atoms with E-state index in [-0.39, 0.29) is 0 Å². The number of aromatic nitrogens is 2. The maximum absolute atomic E-state index is 12.6. The normalized spacial score (nSPS) is 12.0. The largest absolute Gasteiger partial charge is 0.416 e. The number of hydrogen-bond acceptors (Lipinski definition) is 2. The molecule has 0 atom stereocenters. The van der Waals surface area contributed by atoms with Gasteiger partial charge in [-0.15, -0.1) is 0 Å². The van der Waals surface area contributed by atoms with Crippen LogP contribution in [0, 0.1) is 6.92 Å². The number of aryl methyl sites for hydroxylation is 1. The topological polar surface area (TPSA) is 43.3 Å². The average Bonchev–Trinajstić information content (AvgIpc) is 2.77. The Bertz CT molecular complexity index is 801. The van der Waals surface area contributed by atoms with Crippen LogP contribution in [-0.2, 0) is 6.18 Å². The lowest BCUT2D eigenvalue weighted by molar-refractivity contribution is -0.137. The summed E-state index contributed by atoms with van der Waals surface area (Å²) < 4.78 is 39.5. The molecule has 0 bridgehead atoms. The Morgan fingerprint density at radius 2 is 1.71 bits per heavy atom. The van der Waals surface area contributed by atoms with Gasteiger partial charge in [0, 0.05) is 11.3 Å². The number of rotatable bonds is 1. The second-order valence-electron chi connectivity index (χ2n) is 4.78. The lowest BCUT2D eigenvalue weighted by Crippen LogP contribution is -2.04. The molecule has 0 aliphatic carbocycles. The van der Waals surface area contributed by atoms with Crippen LogP contribution in [0.25, 0.3) is 16.9 Å². The fourth-order valence-corrected chi connectivity index (χ4v) is 2.31. The molecule has 0 saturated heterocycles. The van der Waals surface area contributed by atoms with Crippen molar-refractivity contribution in [2.75, 3.05) is 5.73 Å². The molecular weight excluding hydrogens is 279 g/mol. The van der Waals surface area contributed by atoms with Gasteiger partial charge in [0.15, 0.2) is 0 Å². The minimum Gasteiger partial charge on any atom is -0.383 e. The van der Waals surface area contributed by atoms with Crippen molar-refractivity contribution in [2.24, 2.45) is 0 Å². The van der Waals surface area contributed by atoms with Gasteiger partial charge in [0.05, 0.1) is 5.56 Å². The van der Waals surface area contributed by atoms with Gasteiger partial charge < -0.3 is 5.73 Å². The van der Waals surface area contributed by atoms with Crippen LogP contribution in [0.2, 0.25) is 0 Å². The van der Waals surface area contributed by atoms with E-state index in [2.05, 4.69) is 4.98 Å². The molecule has 0 radical (unpaired) electrons.